The second kappa shape index (κ2) is 4.85. The monoisotopic (exact) mass is 179 g/mol. The lowest BCUT2D eigenvalue weighted by Gasteiger charge is -2.10. The lowest BCUT2D eigenvalue weighted by atomic mass is 10.2. The first-order valence-electron chi connectivity index (χ1n) is 4.91. The zero-order chi connectivity index (χ0) is 9.68. The number of allylic oxidation sites excluding steroid dienone is 2. The highest BCUT2D eigenvalue weighted by Gasteiger charge is 2.13. The van der Waals surface area contributed by atoms with Crippen molar-refractivity contribution in [1.82, 2.24) is 4.90 Å². The van der Waals surface area contributed by atoms with Crippen molar-refractivity contribution in [3.05, 3.63) is 23.9 Å². The Hall–Kier alpha value is -1.05. The summed E-state index contributed by atoms with van der Waals surface area (Å²) in [5.41, 5.74) is 1.04. The Morgan fingerprint density at radius 1 is 1.38 bits per heavy atom. The zero-order valence-corrected chi connectivity index (χ0v) is 8.42. The molecule has 0 aromatic heterocycles. The predicted octanol–water partition coefficient (Wildman–Crippen LogP) is 2.48. The molecular weight excluding hydrogens is 162 g/mol. The van der Waals surface area contributed by atoms with Gasteiger partial charge in [-0.15, -0.1) is 0 Å². The number of carbonyl (C=O) groups is 1. The summed E-state index contributed by atoms with van der Waals surface area (Å²) in [6, 6.07) is 0. The number of hydrogen-bond acceptors (Lipinski definition) is 1. The van der Waals surface area contributed by atoms with E-state index < -0.39 is 0 Å². The lowest BCUT2D eigenvalue weighted by molar-refractivity contribution is -0.122. The molecule has 0 unspecified atom stereocenters. The molecule has 0 saturated carbocycles. The fourth-order valence-electron chi connectivity index (χ4n) is 1.36. The minimum Gasteiger partial charge on any atom is -0.312 e. The molecule has 1 aliphatic rings. The maximum atomic E-state index is 11.1. The summed E-state index contributed by atoms with van der Waals surface area (Å²) in [7, 11) is 1.81. The highest BCUT2D eigenvalue weighted by molar-refractivity contribution is 5.92. The number of nitrogens with zero attached hydrogens (tertiary/aromatic N) is 1. The Morgan fingerprint density at radius 3 is 2.69 bits per heavy atom. The molecule has 1 rings (SSSR count). The molecule has 0 spiro atoms. The molecular formula is C11H17NO. The summed E-state index contributed by atoms with van der Waals surface area (Å²) in [5, 5.41) is 0. The fourth-order valence-corrected chi connectivity index (χ4v) is 1.36. The van der Waals surface area contributed by atoms with Crippen molar-refractivity contribution in [2.24, 2.45) is 0 Å². The van der Waals surface area contributed by atoms with Crippen LogP contribution in [0.5, 0.6) is 0 Å². The molecule has 0 aromatic rings. The standard InChI is InChI=1S/C11H17NO/c1-3-4-5-6-7-10-8-9-11(13)12(10)2/h7-9H,3-6H2,1-2H3/b10-7-. The van der Waals surface area contributed by atoms with E-state index in [0.717, 1.165) is 12.1 Å². The first-order chi connectivity index (χ1) is 6.25. The van der Waals surface area contributed by atoms with Crippen molar-refractivity contribution < 1.29 is 4.79 Å². The maximum Gasteiger partial charge on any atom is 0.250 e. The van der Waals surface area contributed by atoms with Gasteiger partial charge in [-0.25, -0.2) is 0 Å². The van der Waals surface area contributed by atoms with E-state index in [1.807, 2.05) is 13.1 Å². The van der Waals surface area contributed by atoms with Crippen LogP contribution in [0.1, 0.15) is 32.6 Å². The van der Waals surface area contributed by atoms with E-state index in [0.29, 0.717) is 0 Å². The SMILES string of the molecule is CCCCC/C=C1/C=CC(=O)N1C. The van der Waals surface area contributed by atoms with Crippen molar-refractivity contribution in [2.75, 3.05) is 7.05 Å². The van der Waals surface area contributed by atoms with Crippen LogP contribution in [0.3, 0.4) is 0 Å². The largest absolute Gasteiger partial charge is 0.312 e. The number of rotatable bonds is 4. The molecule has 0 atom stereocenters. The lowest BCUT2D eigenvalue weighted by Crippen LogP contribution is -2.17. The minimum atomic E-state index is 0.0849. The molecule has 72 valence electrons. The summed E-state index contributed by atoms with van der Waals surface area (Å²) < 4.78 is 0. The van der Waals surface area contributed by atoms with Crippen molar-refractivity contribution in [1.29, 1.82) is 0 Å². The summed E-state index contributed by atoms with van der Waals surface area (Å²) in [4.78, 5) is 12.8. The van der Waals surface area contributed by atoms with Gasteiger partial charge in [0.25, 0.3) is 5.91 Å². The maximum absolute atomic E-state index is 11.1. The van der Waals surface area contributed by atoms with E-state index in [1.54, 1.807) is 11.0 Å². The number of likely N-dealkylation sites (N-methyl/N-ethyl adjacent to an activating group) is 1. The summed E-state index contributed by atoms with van der Waals surface area (Å²) in [6.07, 6.45) is 10.4. The molecule has 0 saturated heterocycles. The molecule has 0 fully saturated rings. The van der Waals surface area contributed by atoms with Gasteiger partial charge in [0.05, 0.1) is 0 Å². The zero-order valence-electron chi connectivity index (χ0n) is 8.42. The van der Waals surface area contributed by atoms with Crippen LogP contribution < -0.4 is 0 Å². The highest BCUT2D eigenvalue weighted by Crippen LogP contribution is 2.14. The van der Waals surface area contributed by atoms with Crippen LogP contribution in [0.15, 0.2) is 23.9 Å². The van der Waals surface area contributed by atoms with Gasteiger partial charge in [-0.05, 0) is 18.9 Å². The van der Waals surface area contributed by atoms with Crippen LogP contribution in [0.4, 0.5) is 0 Å². The Balaban J connectivity index is 2.35. The summed E-state index contributed by atoms with van der Waals surface area (Å²) in [6.45, 7) is 2.19. The van der Waals surface area contributed by atoms with Gasteiger partial charge in [0.15, 0.2) is 0 Å². The predicted molar refractivity (Wildman–Crippen MR) is 54.1 cm³/mol. The normalized spacial score (nSPS) is 19.1. The average molecular weight is 179 g/mol. The van der Waals surface area contributed by atoms with Gasteiger partial charge in [-0.2, -0.15) is 0 Å². The van der Waals surface area contributed by atoms with Gasteiger partial charge in [-0.1, -0.05) is 25.8 Å². The minimum absolute atomic E-state index is 0.0849. The molecule has 0 N–H and O–H groups in total. The molecule has 1 amide bonds. The summed E-state index contributed by atoms with van der Waals surface area (Å²) >= 11 is 0. The summed E-state index contributed by atoms with van der Waals surface area (Å²) in [5.74, 6) is 0.0849. The Kier molecular flexibility index (Phi) is 3.74. The third-order valence-electron chi connectivity index (χ3n) is 2.28. The van der Waals surface area contributed by atoms with Crippen LogP contribution >= 0.6 is 0 Å². The molecule has 2 nitrogen and oxygen atoms in total. The average Bonchev–Trinajstić information content (AvgIpc) is 2.43. The van der Waals surface area contributed by atoms with Crippen LogP contribution in [0, 0.1) is 0 Å². The highest BCUT2D eigenvalue weighted by atomic mass is 16.2. The van der Waals surface area contributed by atoms with E-state index in [1.165, 1.54) is 19.3 Å². The van der Waals surface area contributed by atoms with E-state index in [9.17, 15) is 4.79 Å². The van der Waals surface area contributed by atoms with Gasteiger partial charge >= 0.3 is 0 Å². The second-order valence-corrected chi connectivity index (χ2v) is 3.36. The van der Waals surface area contributed by atoms with Crippen molar-refractivity contribution in [3.8, 4) is 0 Å². The first kappa shape index (κ1) is 10.0. The Morgan fingerprint density at radius 2 is 2.15 bits per heavy atom. The molecule has 13 heavy (non-hydrogen) atoms. The first-order valence-corrected chi connectivity index (χ1v) is 4.91. The molecule has 1 aliphatic heterocycles. The second-order valence-electron chi connectivity index (χ2n) is 3.36. The molecule has 0 aromatic carbocycles. The number of carbonyl (C=O) groups excluding carboxylic acids is 1. The molecule has 0 aliphatic carbocycles. The Labute approximate surface area is 79.9 Å². The van der Waals surface area contributed by atoms with Crippen molar-refractivity contribution >= 4 is 5.91 Å². The van der Waals surface area contributed by atoms with Crippen LogP contribution in [0.2, 0.25) is 0 Å². The quantitative estimate of drug-likeness (QED) is 0.607. The van der Waals surface area contributed by atoms with Gasteiger partial charge < -0.3 is 4.90 Å². The van der Waals surface area contributed by atoms with Gasteiger partial charge in [0, 0.05) is 18.8 Å². The Bertz CT molecular complexity index is 240. The van der Waals surface area contributed by atoms with Crippen LogP contribution in [-0.2, 0) is 4.79 Å². The van der Waals surface area contributed by atoms with E-state index >= 15 is 0 Å². The molecule has 0 bridgehead atoms. The third-order valence-corrected chi connectivity index (χ3v) is 2.28. The molecule has 0 radical (unpaired) electrons. The van der Waals surface area contributed by atoms with Crippen molar-refractivity contribution in [3.63, 3.8) is 0 Å². The van der Waals surface area contributed by atoms with Crippen LogP contribution in [-0.4, -0.2) is 17.9 Å². The number of hydrogen-bond donors (Lipinski definition) is 0. The van der Waals surface area contributed by atoms with Crippen LogP contribution in [0.25, 0.3) is 0 Å². The van der Waals surface area contributed by atoms with E-state index in [-0.39, 0.29) is 5.91 Å². The van der Waals surface area contributed by atoms with Gasteiger partial charge in [0.1, 0.15) is 0 Å². The smallest absolute Gasteiger partial charge is 0.250 e. The molecule has 2 heteroatoms. The van der Waals surface area contributed by atoms with E-state index in [2.05, 4.69) is 13.0 Å². The van der Waals surface area contributed by atoms with E-state index in [4.69, 9.17) is 0 Å². The number of amides is 1. The molecule has 1 heterocycles. The number of unbranched alkanes of at least 4 members (excludes halogenated alkanes) is 3. The topological polar surface area (TPSA) is 20.3 Å². The van der Waals surface area contributed by atoms with Gasteiger partial charge in [-0.3, -0.25) is 4.79 Å². The fraction of sp³-hybridized carbons (Fsp3) is 0.545. The third kappa shape index (κ3) is 2.72. The van der Waals surface area contributed by atoms with Crippen molar-refractivity contribution in [2.45, 2.75) is 32.6 Å². The van der Waals surface area contributed by atoms with Gasteiger partial charge in [0.2, 0.25) is 0 Å².